The number of Topliss-reactive ketones (excluding diaryl/α,β-unsaturated/α-hetero) is 1. The van der Waals surface area contributed by atoms with E-state index in [1.54, 1.807) is 54.6 Å². The summed E-state index contributed by atoms with van der Waals surface area (Å²) in [5.41, 5.74) is 1.08. The highest BCUT2D eigenvalue weighted by molar-refractivity contribution is 6.33. The van der Waals surface area contributed by atoms with Crippen LogP contribution in [0.15, 0.2) is 60.7 Å². The van der Waals surface area contributed by atoms with Crippen LogP contribution >= 0.6 is 0 Å². The molecule has 0 amide bonds. The molecular formula is C16H14O4. The molecule has 0 fully saturated rings. The Hall–Kier alpha value is -2.59. The summed E-state index contributed by atoms with van der Waals surface area (Å²) >= 11 is 0. The molecule has 102 valence electrons. The average Bonchev–Trinajstić information content (AvgIpc) is 2.55. The average molecular weight is 270 g/mol. The lowest BCUT2D eigenvalue weighted by atomic mass is 10.1. The maximum absolute atomic E-state index is 10.6. The molecule has 0 saturated heterocycles. The van der Waals surface area contributed by atoms with Crippen LogP contribution in [-0.4, -0.2) is 23.5 Å². The van der Waals surface area contributed by atoms with E-state index in [9.17, 15) is 14.4 Å². The van der Waals surface area contributed by atoms with Crippen molar-refractivity contribution in [2.24, 2.45) is 0 Å². The molecule has 2 aromatic rings. The van der Waals surface area contributed by atoms with E-state index in [1.165, 1.54) is 0 Å². The van der Waals surface area contributed by atoms with Crippen molar-refractivity contribution in [2.75, 3.05) is 0 Å². The zero-order valence-electron chi connectivity index (χ0n) is 10.7. The fourth-order valence-corrected chi connectivity index (χ4v) is 1.40. The van der Waals surface area contributed by atoms with Gasteiger partial charge in [0.2, 0.25) is 5.78 Å². The smallest absolute Gasteiger partial charge is 0.225 e. The largest absolute Gasteiger partial charge is 0.381 e. The van der Waals surface area contributed by atoms with Gasteiger partial charge in [-0.15, -0.1) is 0 Å². The van der Waals surface area contributed by atoms with Gasteiger partial charge in [-0.25, -0.2) is 0 Å². The van der Waals surface area contributed by atoms with Crippen LogP contribution in [0.1, 0.15) is 22.0 Å². The van der Waals surface area contributed by atoms with E-state index in [0.29, 0.717) is 23.7 Å². The molecule has 0 aliphatic carbocycles. The Bertz CT molecular complexity index is 549. The van der Waals surface area contributed by atoms with Crippen LogP contribution in [0.3, 0.4) is 0 Å². The monoisotopic (exact) mass is 270 g/mol. The number of rotatable bonds is 4. The topological polar surface area (TPSA) is 71.4 Å². The second-order valence-corrected chi connectivity index (χ2v) is 3.84. The number of carbonyl (C=O) groups is 3. The third-order valence-corrected chi connectivity index (χ3v) is 2.44. The van der Waals surface area contributed by atoms with Gasteiger partial charge in [-0.05, 0) is 5.56 Å². The summed E-state index contributed by atoms with van der Waals surface area (Å²) in [6.07, 6.45) is -0.147. The van der Waals surface area contributed by atoms with Gasteiger partial charge in [0.05, 0.1) is 0 Å². The standard InChI is InChI=1S/C8H8O2.C8H6O2/c2*9-6-8(10)7-4-2-1-3-5-7/h1-6,8,10H;1-6H. The van der Waals surface area contributed by atoms with E-state index in [0.717, 1.165) is 0 Å². The van der Waals surface area contributed by atoms with Crippen LogP contribution < -0.4 is 0 Å². The molecule has 4 nitrogen and oxygen atoms in total. The van der Waals surface area contributed by atoms with E-state index in [4.69, 9.17) is 5.11 Å². The van der Waals surface area contributed by atoms with E-state index in [-0.39, 0.29) is 0 Å². The van der Waals surface area contributed by atoms with Gasteiger partial charge in [0.25, 0.3) is 0 Å². The summed E-state index contributed by atoms with van der Waals surface area (Å²) in [6.45, 7) is 0. The van der Waals surface area contributed by atoms with E-state index in [2.05, 4.69) is 0 Å². The van der Waals surface area contributed by atoms with E-state index >= 15 is 0 Å². The minimum absolute atomic E-state index is 0.315. The van der Waals surface area contributed by atoms with Gasteiger partial charge >= 0.3 is 0 Å². The minimum atomic E-state index is -0.971. The Labute approximate surface area is 116 Å². The highest BCUT2D eigenvalue weighted by Crippen LogP contribution is 2.07. The Kier molecular flexibility index (Phi) is 6.57. The van der Waals surface area contributed by atoms with Crippen LogP contribution in [0.4, 0.5) is 0 Å². The molecular weight excluding hydrogens is 256 g/mol. The van der Waals surface area contributed by atoms with Crippen molar-refractivity contribution in [3.63, 3.8) is 0 Å². The first kappa shape index (κ1) is 15.5. The van der Waals surface area contributed by atoms with Crippen molar-refractivity contribution < 1.29 is 19.5 Å². The fourth-order valence-electron chi connectivity index (χ4n) is 1.40. The molecule has 2 rings (SSSR count). The van der Waals surface area contributed by atoms with E-state index in [1.807, 2.05) is 6.07 Å². The van der Waals surface area contributed by atoms with Crippen molar-refractivity contribution in [1.82, 2.24) is 0 Å². The zero-order valence-corrected chi connectivity index (χ0v) is 10.7. The number of ketones is 1. The van der Waals surface area contributed by atoms with Crippen LogP contribution in [0, 0.1) is 0 Å². The van der Waals surface area contributed by atoms with Gasteiger partial charge in [-0.2, -0.15) is 0 Å². The number of hydrogen-bond acceptors (Lipinski definition) is 4. The second-order valence-electron chi connectivity index (χ2n) is 3.84. The van der Waals surface area contributed by atoms with Crippen LogP contribution in [-0.2, 0) is 9.59 Å². The number of hydrogen-bond donors (Lipinski definition) is 1. The van der Waals surface area contributed by atoms with Gasteiger partial charge in [0, 0.05) is 5.56 Å². The maximum atomic E-state index is 10.6. The lowest BCUT2D eigenvalue weighted by molar-refractivity contribution is -0.115. The normalized spacial score (nSPS) is 10.7. The first-order valence-electron chi connectivity index (χ1n) is 5.92. The van der Waals surface area contributed by atoms with Crippen molar-refractivity contribution in [3.05, 3.63) is 71.8 Å². The first-order valence-corrected chi connectivity index (χ1v) is 5.92. The summed E-state index contributed by atoms with van der Waals surface area (Å²) in [6, 6.07) is 17.3. The lowest BCUT2D eigenvalue weighted by Gasteiger charge is -1.99. The number of aliphatic hydroxyl groups is 1. The summed E-state index contributed by atoms with van der Waals surface area (Å²) in [7, 11) is 0. The molecule has 4 heteroatoms. The predicted molar refractivity (Wildman–Crippen MR) is 74.3 cm³/mol. The molecule has 0 spiro atoms. The molecule has 1 atom stereocenters. The highest BCUT2D eigenvalue weighted by atomic mass is 16.3. The molecule has 0 radical (unpaired) electrons. The Morgan fingerprint density at radius 2 is 1.40 bits per heavy atom. The maximum Gasteiger partial charge on any atom is 0.225 e. The third-order valence-electron chi connectivity index (χ3n) is 2.44. The lowest BCUT2D eigenvalue weighted by Crippen LogP contribution is -1.97. The quantitative estimate of drug-likeness (QED) is 0.524. The zero-order chi connectivity index (χ0) is 14.8. The third kappa shape index (κ3) is 4.96. The number of carbonyl (C=O) groups excluding carboxylic acids is 3. The van der Waals surface area contributed by atoms with Crippen LogP contribution in [0.2, 0.25) is 0 Å². The van der Waals surface area contributed by atoms with Gasteiger partial charge in [-0.1, -0.05) is 60.7 Å². The summed E-state index contributed by atoms with van der Waals surface area (Å²) in [5, 5.41) is 8.96. The molecule has 1 N–H and O–H groups in total. The molecule has 2 aromatic carbocycles. The Morgan fingerprint density at radius 1 is 0.900 bits per heavy atom. The first-order chi connectivity index (χ1) is 9.69. The summed E-state index contributed by atoms with van der Waals surface area (Å²) < 4.78 is 0. The summed E-state index contributed by atoms with van der Waals surface area (Å²) in [5.74, 6) is -0.472. The van der Waals surface area contributed by atoms with Crippen LogP contribution in [0.25, 0.3) is 0 Å². The van der Waals surface area contributed by atoms with Crippen molar-refractivity contribution in [1.29, 1.82) is 0 Å². The van der Waals surface area contributed by atoms with E-state index < -0.39 is 11.9 Å². The fraction of sp³-hybridized carbons (Fsp3) is 0.0625. The molecule has 0 heterocycles. The van der Waals surface area contributed by atoms with Crippen molar-refractivity contribution >= 4 is 18.4 Å². The number of aliphatic hydroxyl groups excluding tert-OH is 1. The number of aldehydes is 2. The molecule has 0 saturated carbocycles. The van der Waals surface area contributed by atoms with Gasteiger partial charge < -0.3 is 9.90 Å². The van der Waals surface area contributed by atoms with Gasteiger partial charge in [-0.3, -0.25) is 9.59 Å². The minimum Gasteiger partial charge on any atom is -0.381 e. The predicted octanol–water partition coefficient (Wildman–Crippen LogP) is 1.99. The Morgan fingerprint density at radius 3 is 1.85 bits per heavy atom. The van der Waals surface area contributed by atoms with Gasteiger partial charge in [0.15, 0.2) is 12.6 Å². The molecule has 20 heavy (non-hydrogen) atoms. The van der Waals surface area contributed by atoms with Crippen LogP contribution in [0.5, 0.6) is 0 Å². The molecule has 0 aliphatic rings. The SMILES string of the molecule is O=CC(=O)c1ccccc1.O=CC(O)c1ccccc1. The second kappa shape index (κ2) is 8.50. The molecule has 0 bridgehead atoms. The molecule has 0 aliphatic heterocycles. The van der Waals surface area contributed by atoms with Crippen molar-refractivity contribution in [2.45, 2.75) is 6.10 Å². The molecule has 1 unspecified atom stereocenters. The number of benzene rings is 2. The van der Waals surface area contributed by atoms with Crippen molar-refractivity contribution in [3.8, 4) is 0 Å². The Balaban J connectivity index is 0.000000200. The molecule has 0 aromatic heterocycles. The summed E-state index contributed by atoms with van der Waals surface area (Å²) in [4.78, 5) is 30.7. The van der Waals surface area contributed by atoms with Gasteiger partial charge in [0.1, 0.15) is 6.10 Å². The highest BCUT2D eigenvalue weighted by Gasteiger charge is 2.01.